The maximum Gasteiger partial charge on any atom is 0.280 e. The van der Waals surface area contributed by atoms with Crippen LogP contribution in [0.3, 0.4) is 0 Å². The topological polar surface area (TPSA) is 86.0 Å². The van der Waals surface area contributed by atoms with E-state index in [1.807, 2.05) is 0 Å². The third-order valence-corrected chi connectivity index (χ3v) is 3.77. The summed E-state index contributed by atoms with van der Waals surface area (Å²) in [5.41, 5.74) is 0.264. The number of furan rings is 1. The van der Waals surface area contributed by atoms with Crippen LogP contribution >= 0.6 is 0 Å². The molecule has 0 unspecified atom stereocenters. The van der Waals surface area contributed by atoms with Crippen molar-refractivity contribution in [2.45, 2.75) is 11.6 Å². The van der Waals surface area contributed by atoms with Crippen LogP contribution in [0.1, 0.15) is 12.1 Å². The first-order chi connectivity index (χ1) is 10.4. The highest BCUT2D eigenvalue weighted by atomic mass is 32.2. The Labute approximate surface area is 123 Å². The van der Waals surface area contributed by atoms with Crippen molar-refractivity contribution in [1.82, 2.24) is 15.0 Å². The smallest absolute Gasteiger partial charge is 0.280 e. The molecular formula is C13H9F2N3O3S. The van der Waals surface area contributed by atoms with Crippen LogP contribution in [0.5, 0.6) is 0 Å². The van der Waals surface area contributed by atoms with Gasteiger partial charge in [-0.15, -0.1) is 0 Å². The summed E-state index contributed by atoms with van der Waals surface area (Å²) in [4.78, 5) is 11.5. The number of alkyl halides is 2. The lowest BCUT2D eigenvalue weighted by Gasteiger charge is -2.08. The minimum atomic E-state index is -3.63. The van der Waals surface area contributed by atoms with Crippen LogP contribution in [-0.2, 0) is 9.84 Å². The number of rotatable bonds is 3. The standard InChI is InChI=1S/C13H9F2N3O3S/c1-22(19,20)13-16-5-8-4-9(12(14)15)17-10(11(8)18-13)7-2-3-21-6-7/h2-6,12H,1H3. The van der Waals surface area contributed by atoms with E-state index in [1.165, 1.54) is 24.8 Å². The van der Waals surface area contributed by atoms with Gasteiger partial charge in [0.2, 0.25) is 15.0 Å². The van der Waals surface area contributed by atoms with Crippen molar-refractivity contribution in [3.8, 4) is 11.3 Å². The zero-order valence-corrected chi connectivity index (χ0v) is 12.0. The van der Waals surface area contributed by atoms with Gasteiger partial charge in [0.15, 0.2) is 0 Å². The van der Waals surface area contributed by atoms with Crippen molar-refractivity contribution in [3.05, 3.63) is 36.5 Å². The molecule has 0 aliphatic rings. The fourth-order valence-corrected chi connectivity index (χ4v) is 2.44. The molecule has 3 heterocycles. The van der Waals surface area contributed by atoms with Crippen LogP contribution in [0, 0.1) is 0 Å². The van der Waals surface area contributed by atoms with Crippen molar-refractivity contribution in [3.63, 3.8) is 0 Å². The Hall–Kier alpha value is -2.42. The van der Waals surface area contributed by atoms with Gasteiger partial charge in [-0.2, -0.15) is 0 Å². The van der Waals surface area contributed by atoms with Gasteiger partial charge in [0.05, 0.1) is 12.5 Å². The Morgan fingerprint density at radius 3 is 2.64 bits per heavy atom. The third-order valence-electron chi connectivity index (χ3n) is 2.91. The van der Waals surface area contributed by atoms with E-state index in [-0.39, 0.29) is 16.6 Å². The number of hydrogen-bond acceptors (Lipinski definition) is 6. The molecule has 3 aromatic rings. The van der Waals surface area contributed by atoms with E-state index < -0.39 is 27.1 Å². The molecule has 0 aromatic carbocycles. The van der Waals surface area contributed by atoms with Gasteiger partial charge in [0, 0.05) is 23.4 Å². The van der Waals surface area contributed by atoms with Crippen LogP contribution in [0.4, 0.5) is 8.78 Å². The minimum Gasteiger partial charge on any atom is -0.472 e. The van der Waals surface area contributed by atoms with Crippen molar-refractivity contribution in [2.24, 2.45) is 0 Å². The fourth-order valence-electron chi connectivity index (χ4n) is 1.93. The highest BCUT2D eigenvalue weighted by molar-refractivity contribution is 7.90. The van der Waals surface area contributed by atoms with Crippen molar-refractivity contribution in [1.29, 1.82) is 0 Å². The average molecular weight is 325 g/mol. The molecule has 0 aliphatic carbocycles. The highest BCUT2D eigenvalue weighted by Gasteiger charge is 2.19. The van der Waals surface area contributed by atoms with Crippen LogP contribution < -0.4 is 0 Å². The van der Waals surface area contributed by atoms with Crippen molar-refractivity contribution in [2.75, 3.05) is 6.26 Å². The van der Waals surface area contributed by atoms with E-state index in [4.69, 9.17) is 4.42 Å². The maximum absolute atomic E-state index is 13.0. The number of nitrogens with zero attached hydrogens (tertiary/aromatic N) is 3. The third kappa shape index (κ3) is 2.54. The summed E-state index contributed by atoms with van der Waals surface area (Å²) in [6.45, 7) is 0. The van der Waals surface area contributed by atoms with Gasteiger partial charge in [-0.3, -0.25) is 0 Å². The van der Waals surface area contributed by atoms with E-state index in [1.54, 1.807) is 0 Å². The minimum absolute atomic E-state index is 0.119. The number of pyridine rings is 1. The molecule has 0 atom stereocenters. The normalized spacial score (nSPS) is 12.2. The predicted molar refractivity (Wildman–Crippen MR) is 73.1 cm³/mol. The molecule has 22 heavy (non-hydrogen) atoms. The summed E-state index contributed by atoms with van der Waals surface area (Å²) in [5.74, 6) is 0. The Bertz CT molecular complexity index is 941. The van der Waals surface area contributed by atoms with Crippen LogP contribution in [-0.4, -0.2) is 29.6 Å². The van der Waals surface area contributed by atoms with E-state index in [9.17, 15) is 17.2 Å². The molecule has 114 valence electrons. The van der Waals surface area contributed by atoms with Gasteiger partial charge in [-0.25, -0.2) is 32.2 Å². The molecule has 0 spiro atoms. The van der Waals surface area contributed by atoms with Gasteiger partial charge < -0.3 is 4.42 Å². The number of sulfone groups is 1. The van der Waals surface area contributed by atoms with Crippen LogP contribution in [0.2, 0.25) is 0 Å². The lowest BCUT2D eigenvalue weighted by atomic mass is 10.1. The molecule has 0 amide bonds. The largest absolute Gasteiger partial charge is 0.472 e. The molecule has 0 bridgehead atoms. The van der Waals surface area contributed by atoms with Crippen LogP contribution in [0.25, 0.3) is 22.2 Å². The second kappa shape index (κ2) is 5.09. The molecule has 0 N–H and O–H groups in total. The Balaban J connectivity index is 2.37. The van der Waals surface area contributed by atoms with E-state index in [0.29, 0.717) is 5.56 Å². The molecular weight excluding hydrogens is 316 g/mol. The maximum atomic E-state index is 13.0. The van der Waals surface area contributed by atoms with E-state index in [0.717, 1.165) is 12.3 Å². The number of halogens is 2. The lowest BCUT2D eigenvalue weighted by molar-refractivity contribution is 0.146. The first kappa shape index (κ1) is 14.5. The summed E-state index contributed by atoms with van der Waals surface area (Å²) in [6.07, 6.45) is 2.06. The molecule has 9 heteroatoms. The van der Waals surface area contributed by atoms with Crippen molar-refractivity contribution < 1.29 is 21.6 Å². The molecule has 3 aromatic heterocycles. The Morgan fingerprint density at radius 1 is 1.27 bits per heavy atom. The Kier molecular flexibility index (Phi) is 3.36. The molecule has 6 nitrogen and oxygen atoms in total. The molecule has 0 radical (unpaired) electrons. The second-order valence-corrected chi connectivity index (χ2v) is 6.48. The Morgan fingerprint density at radius 2 is 2.05 bits per heavy atom. The molecule has 0 fully saturated rings. The van der Waals surface area contributed by atoms with Gasteiger partial charge >= 0.3 is 0 Å². The average Bonchev–Trinajstić information content (AvgIpc) is 2.98. The number of aromatic nitrogens is 3. The summed E-state index contributed by atoms with van der Waals surface area (Å²) in [7, 11) is -3.63. The highest BCUT2D eigenvalue weighted by Crippen LogP contribution is 2.30. The quantitative estimate of drug-likeness (QED) is 0.688. The first-order valence-electron chi connectivity index (χ1n) is 6.05. The van der Waals surface area contributed by atoms with Gasteiger partial charge in [-0.1, -0.05) is 0 Å². The summed E-state index contributed by atoms with van der Waals surface area (Å²) in [6, 6.07) is 2.66. The van der Waals surface area contributed by atoms with Gasteiger partial charge in [0.1, 0.15) is 16.9 Å². The summed E-state index contributed by atoms with van der Waals surface area (Å²) < 4.78 is 54.0. The number of hydrogen-bond donors (Lipinski definition) is 0. The zero-order valence-electron chi connectivity index (χ0n) is 11.2. The fraction of sp³-hybridized carbons (Fsp3) is 0.154. The van der Waals surface area contributed by atoms with Crippen LogP contribution in [0.15, 0.2) is 40.4 Å². The predicted octanol–water partition coefficient (Wildman–Crippen LogP) is 2.63. The molecule has 3 rings (SSSR count). The summed E-state index contributed by atoms with van der Waals surface area (Å²) in [5, 5.41) is -0.120. The lowest BCUT2D eigenvalue weighted by Crippen LogP contribution is -2.05. The second-order valence-electron chi connectivity index (χ2n) is 4.57. The molecule has 0 saturated carbocycles. The summed E-state index contributed by atoms with van der Waals surface area (Å²) >= 11 is 0. The SMILES string of the molecule is CS(=O)(=O)c1ncc2cc(C(F)F)nc(-c3ccoc3)c2n1. The molecule has 0 aliphatic heterocycles. The van der Waals surface area contributed by atoms with E-state index >= 15 is 0 Å². The number of fused-ring (bicyclic) bond motifs is 1. The first-order valence-corrected chi connectivity index (χ1v) is 7.94. The van der Waals surface area contributed by atoms with E-state index in [2.05, 4.69) is 15.0 Å². The van der Waals surface area contributed by atoms with Gasteiger partial charge in [-0.05, 0) is 12.1 Å². The monoisotopic (exact) mass is 325 g/mol. The molecule has 0 saturated heterocycles. The zero-order chi connectivity index (χ0) is 15.9. The van der Waals surface area contributed by atoms with Crippen molar-refractivity contribution >= 4 is 20.7 Å². The van der Waals surface area contributed by atoms with Gasteiger partial charge in [0.25, 0.3) is 6.43 Å².